The van der Waals surface area contributed by atoms with Gasteiger partial charge in [-0.2, -0.15) is 0 Å². The Morgan fingerprint density at radius 3 is 2.48 bits per heavy atom. The van der Waals surface area contributed by atoms with Crippen LogP contribution in [0.1, 0.15) is 9.67 Å². The van der Waals surface area contributed by atoms with Crippen molar-refractivity contribution in [3.63, 3.8) is 0 Å². The van der Waals surface area contributed by atoms with Crippen LogP contribution in [0.4, 0.5) is 11.4 Å². The van der Waals surface area contributed by atoms with Gasteiger partial charge in [-0.25, -0.2) is 0 Å². The van der Waals surface area contributed by atoms with E-state index in [2.05, 4.69) is 37.2 Å². The average molecular weight is 434 g/mol. The SMILES string of the molecule is Nc1cc2c(cc1NC(=O)c1cc(Br)c(Br)s1)OCCO2. The number of carbonyl (C=O) groups excluding carboxylic acids is 1. The normalized spacial score (nSPS) is 13.0. The van der Waals surface area contributed by atoms with Gasteiger partial charge < -0.3 is 20.5 Å². The molecule has 0 spiro atoms. The molecule has 1 aliphatic rings. The Kier molecular flexibility index (Phi) is 4.10. The number of thiophene rings is 1. The number of hydrogen-bond donors (Lipinski definition) is 2. The molecule has 21 heavy (non-hydrogen) atoms. The molecule has 0 saturated heterocycles. The molecule has 0 bridgehead atoms. The number of benzene rings is 1. The van der Waals surface area contributed by atoms with Crippen LogP contribution >= 0.6 is 43.2 Å². The van der Waals surface area contributed by atoms with Crippen molar-refractivity contribution in [1.82, 2.24) is 0 Å². The molecule has 0 atom stereocenters. The zero-order chi connectivity index (χ0) is 15.0. The van der Waals surface area contributed by atoms with E-state index in [0.29, 0.717) is 41.0 Å². The lowest BCUT2D eigenvalue weighted by Gasteiger charge is -2.20. The lowest BCUT2D eigenvalue weighted by Crippen LogP contribution is -2.17. The van der Waals surface area contributed by atoms with Crippen LogP contribution in [0.2, 0.25) is 0 Å². The number of nitrogens with two attached hydrogens (primary N) is 1. The minimum atomic E-state index is -0.227. The fraction of sp³-hybridized carbons (Fsp3) is 0.154. The van der Waals surface area contributed by atoms with Gasteiger partial charge in [0.15, 0.2) is 11.5 Å². The van der Waals surface area contributed by atoms with Crippen molar-refractivity contribution in [3.8, 4) is 11.5 Å². The van der Waals surface area contributed by atoms with Crippen molar-refractivity contribution >= 4 is 60.5 Å². The molecule has 5 nitrogen and oxygen atoms in total. The van der Waals surface area contributed by atoms with Crippen LogP contribution in [-0.4, -0.2) is 19.1 Å². The average Bonchev–Trinajstić information content (AvgIpc) is 2.79. The van der Waals surface area contributed by atoms with Gasteiger partial charge in [-0.3, -0.25) is 4.79 Å². The van der Waals surface area contributed by atoms with Gasteiger partial charge in [0.05, 0.1) is 20.0 Å². The molecule has 1 aromatic heterocycles. The number of nitrogen functional groups attached to an aromatic ring is 1. The first kappa shape index (κ1) is 14.7. The van der Waals surface area contributed by atoms with Gasteiger partial charge >= 0.3 is 0 Å². The Hall–Kier alpha value is -1.25. The highest BCUT2D eigenvalue weighted by Gasteiger charge is 2.18. The molecule has 0 saturated carbocycles. The second kappa shape index (κ2) is 5.86. The fourth-order valence-electron chi connectivity index (χ4n) is 1.86. The molecule has 0 fully saturated rings. The van der Waals surface area contributed by atoms with E-state index in [1.807, 2.05) is 0 Å². The molecule has 3 rings (SSSR count). The standard InChI is InChI=1S/C13H10Br2N2O3S/c14-6-3-11(21-12(6)15)13(18)17-8-5-10-9(4-7(8)16)19-1-2-20-10/h3-5H,1-2,16H2,(H,17,18). The number of fused-ring (bicyclic) bond motifs is 1. The topological polar surface area (TPSA) is 73.6 Å². The van der Waals surface area contributed by atoms with Crippen molar-refractivity contribution in [2.75, 3.05) is 24.3 Å². The molecule has 0 unspecified atom stereocenters. The number of halogens is 2. The molecule has 0 radical (unpaired) electrons. The maximum Gasteiger partial charge on any atom is 0.265 e. The summed E-state index contributed by atoms with van der Waals surface area (Å²) in [5, 5.41) is 2.79. The summed E-state index contributed by atoms with van der Waals surface area (Å²) in [6, 6.07) is 5.09. The summed E-state index contributed by atoms with van der Waals surface area (Å²) >= 11 is 8.06. The van der Waals surface area contributed by atoms with E-state index >= 15 is 0 Å². The van der Waals surface area contributed by atoms with Crippen LogP contribution in [0.5, 0.6) is 11.5 Å². The zero-order valence-electron chi connectivity index (χ0n) is 10.6. The summed E-state index contributed by atoms with van der Waals surface area (Å²) in [4.78, 5) is 12.8. The smallest absolute Gasteiger partial charge is 0.265 e. The van der Waals surface area contributed by atoms with Gasteiger partial charge in [0.2, 0.25) is 0 Å². The highest BCUT2D eigenvalue weighted by molar-refractivity contribution is 9.13. The Balaban J connectivity index is 1.85. The lowest BCUT2D eigenvalue weighted by molar-refractivity contribution is 0.103. The minimum Gasteiger partial charge on any atom is -0.486 e. The van der Waals surface area contributed by atoms with Crippen molar-refractivity contribution in [3.05, 3.63) is 31.3 Å². The van der Waals surface area contributed by atoms with Gasteiger partial charge in [0.25, 0.3) is 5.91 Å². The molecular formula is C13H10Br2N2O3S. The first-order chi connectivity index (χ1) is 10.0. The molecule has 0 aliphatic carbocycles. The lowest BCUT2D eigenvalue weighted by atomic mass is 10.2. The number of carbonyl (C=O) groups is 1. The fourth-order valence-corrected chi connectivity index (χ4v) is 3.79. The molecule has 1 aliphatic heterocycles. The highest BCUT2D eigenvalue weighted by atomic mass is 79.9. The van der Waals surface area contributed by atoms with Crippen LogP contribution in [-0.2, 0) is 0 Å². The maximum absolute atomic E-state index is 12.2. The van der Waals surface area contributed by atoms with Crippen LogP contribution in [0.25, 0.3) is 0 Å². The maximum atomic E-state index is 12.2. The van der Waals surface area contributed by atoms with E-state index in [9.17, 15) is 4.79 Å². The second-order valence-corrected chi connectivity index (χ2v) is 7.49. The Bertz CT molecular complexity index is 698. The van der Waals surface area contributed by atoms with E-state index in [1.54, 1.807) is 18.2 Å². The molecule has 110 valence electrons. The van der Waals surface area contributed by atoms with Crippen LogP contribution in [0, 0.1) is 0 Å². The molecule has 1 amide bonds. The highest BCUT2D eigenvalue weighted by Crippen LogP contribution is 2.38. The number of nitrogens with one attached hydrogen (secondary N) is 1. The minimum absolute atomic E-state index is 0.227. The first-order valence-electron chi connectivity index (χ1n) is 6.00. The second-order valence-electron chi connectivity index (χ2n) is 4.27. The Morgan fingerprint density at radius 2 is 1.86 bits per heavy atom. The van der Waals surface area contributed by atoms with Gasteiger partial charge in [-0.05, 0) is 37.9 Å². The first-order valence-corrected chi connectivity index (χ1v) is 8.40. The molecular weight excluding hydrogens is 424 g/mol. The molecule has 2 aromatic rings. The van der Waals surface area contributed by atoms with E-state index in [0.717, 1.165) is 8.26 Å². The summed E-state index contributed by atoms with van der Waals surface area (Å²) in [5.41, 5.74) is 6.88. The Labute approximate surface area is 141 Å². The third-order valence-corrected chi connectivity index (χ3v) is 6.09. The number of rotatable bonds is 2. The summed E-state index contributed by atoms with van der Waals surface area (Å²) in [5.74, 6) is 0.951. The van der Waals surface area contributed by atoms with Crippen LogP contribution in [0.15, 0.2) is 26.5 Å². The van der Waals surface area contributed by atoms with E-state index in [4.69, 9.17) is 15.2 Å². The van der Waals surface area contributed by atoms with Crippen molar-refractivity contribution in [2.45, 2.75) is 0 Å². The number of ether oxygens (including phenoxy) is 2. The Morgan fingerprint density at radius 1 is 1.19 bits per heavy atom. The van der Waals surface area contributed by atoms with Gasteiger partial charge in [-0.1, -0.05) is 0 Å². The van der Waals surface area contributed by atoms with E-state index in [-0.39, 0.29) is 5.91 Å². The summed E-state index contributed by atoms with van der Waals surface area (Å²) < 4.78 is 12.6. The zero-order valence-corrected chi connectivity index (χ0v) is 14.6. The molecule has 2 heterocycles. The van der Waals surface area contributed by atoms with Crippen molar-refractivity contribution in [2.24, 2.45) is 0 Å². The van der Waals surface area contributed by atoms with Crippen LogP contribution in [0.3, 0.4) is 0 Å². The predicted octanol–water partition coefficient (Wildman–Crippen LogP) is 3.88. The summed E-state index contributed by atoms with van der Waals surface area (Å²) in [7, 11) is 0. The van der Waals surface area contributed by atoms with E-state index in [1.165, 1.54) is 11.3 Å². The quantitative estimate of drug-likeness (QED) is 0.705. The van der Waals surface area contributed by atoms with Gasteiger partial charge in [0, 0.05) is 16.6 Å². The molecule has 3 N–H and O–H groups in total. The number of anilines is 2. The van der Waals surface area contributed by atoms with Crippen LogP contribution < -0.4 is 20.5 Å². The van der Waals surface area contributed by atoms with Crippen molar-refractivity contribution < 1.29 is 14.3 Å². The van der Waals surface area contributed by atoms with Gasteiger partial charge in [-0.15, -0.1) is 11.3 Å². The van der Waals surface area contributed by atoms with Gasteiger partial charge in [0.1, 0.15) is 13.2 Å². The summed E-state index contributed by atoms with van der Waals surface area (Å²) in [6.45, 7) is 0.977. The molecule has 8 heteroatoms. The van der Waals surface area contributed by atoms with E-state index < -0.39 is 0 Å². The monoisotopic (exact) mass is 432 g/mol. The summed E-state index contributed by atoms with van der Waals surface area (Å²) in [6.07, 6.45) is 0. The predicted molar refractivity (Wildman–Crippen MR) is 89.5 cm³/mol. The molecule has 1 aromatic carbocycles. The number of hydrogen-bond acceptors (Lipinski definition) is 5. The third kappa shape index (κ3) is 3.02. The largest absolute Gasteiger partial charge is 0.486 e. The number of amides is 1. The van der Waals surface area contributed by atoms with Crippen molar-refractivity contribution in [1.29, 1.82) is 0 Å². The third-order valence-electron chi connectivity index (χ3n) is 2.83.